The van der Waals surface area contributed by atoms with Gasteiger partial charge in [-0.1, -0.05) is 18.2 Å². The maximum Gasteiger partial charge on any atom is 0.253 e. The lowest BCUT2D eigenvalue weighted by Gasteiger charge is -2.28. The molecule has 0 saturated heterocycles. The van der Waals surface area contributed by atoms with Crippen molar-refractivity contribution in [1.82, 2.24) is 4.98 Å². The molecule has 104 valence electrons. The number of aromatic nitrogens is 1. The number of rotatable bonds is 2. The van der Waals surface area contributed by atoms with E-state index in [1.54, 1.807) is 23.1 Å². The van der Waals surface area contributed by atoms with Crippen LogP contribution >= 0.6 is 11.3 Å². The highest BCUT2D eigenvalue weighted by Crippen LogP contribution is 2.34. The van der Waals surface area contributed by atoms with Crippen molar-refractivity contribution in [3.05, 3.63) is 47.4 Å². The summed E-state index contributed by atoms with van der Waals surface area (Å²) in [4.78, 5) is 18.3. The molecule has 0 unspecified atom stereocenters. The second-order valence-electron chi connectivity index (χ2n) is 5.37. The number of hydrogen-bond acceptors (Lipinski definition) is 4. The zero-order chi connectivity index (χ0) is 15.0. The van der Waals surface area contributed by atoms with E-state index in [-0.39, 0.29) is 11.4 Å². The predicted octanol–water partition coefficient (Wildman–Crippen LogP) is 3.36. The van der Waals surface area contributed by atoms with Crippen molar-refractivity contribution < 1.29 is 4.79 Å². The van der Waals surface area contributed by atoms with Crippen LogP contribution in [0.1, 0.15) is 19.4 Å². The van der Waals surface area contributed by atoms with Gasteiger partial charge in [0.2, 0.25) is 0 Å². The topological polar surface area (TPSA) is 57.0 Å². The number of thiazole rings is 1. The Balaban J connectivity index is 1.93. The first-order chi connectivity index (χ1) is 10.0. The third kappa shape index (κ3) is 2.34. The summed E-state index contributed by atoms with van der Waals surface area (Å²) in [6.45, 7) is 3.97. The zero-order valence-corrected chi connectivity index (χ0v) is 12.5. The van der Waals surface area contributed by atoms with Gasteiger partial charge in [0.15, 0.2) is 5.13 Å². The van der Waals surface area contributed by atoms with E-state index in [9.17, 15) is 4.79 Å². The molecular weight excluding hydrogens is 282 g/mol. The molecule has 0 bridgehead atoms. The fraction of sp³-hybridized carbons (Fsp3) is 0.188. The number of benzene rings is 1. The van der Waals surface area contributed by atoms with Gasteiger partial charge < -0.3 is 0 Å². The van der Waals surface area contributed by atoms with Crippen LogP contribution in [0.2, 0.25) is 0 Å². The van der Waals surface area contributed by atoms with Gasteiger partial charge in [-0.15, -0.1) is 11.3 Å². The Hall–Kier alpha value is -2.45. The van der Waals surface area contributed by atoms with E-state index in [2.05, 4.69) is 11.1 Å². The van der Waals surface area contributed by atoms with Crippen molar-refractivity contribution >= 4 is 22.4 Å². The number of carbonyl (C=O) groups is 1. The maximum absolute atomic E-state index is 12.0. The summed E-state index contributed by atoms with van der Waals surface area (Å²) in [6.07, 6.45) is 3.47. The average molecular weight is 295 g/mol. The molecule has 1 aliphatic heterocycles. The van der Waals surface area contributed by atoms with Gasteiger partial charge in [0.1, 0.15) is 0 Å². The Labute approximate surface area is 127 Å². The summed E-state index contributed by atoms with van der Waals surface area (Å²) in [5, 5.41) is 11.4. The van der Waals surface area contributed by atoms with Gasteiger partial charge in [-0.2, -0.15) is 5.26 Å². The van der Waals surface area contributed by atoms with E-state index in [0.717, 1.165) is 11.3 Å². The van der Waals surface area contributed by atoms with Crippen molar-refractivity contribution in [2.75, 3.05) is 4.90 Å². The highest BCUT2D eigenvalue weighted by Gasteiger charge is 2.35. The van der Waals surface area contributed by atoms with Gasteiger partial charge in [-0.3, -0.25) is 9.69 Å². The molecule has 1 aromatic heterocycles. The minimum atomic E-state index is -0.350. The van der Waals surface area contributed by atoms with Crippen LogP contribution in [0.4, 0.5) is 5.13 Å². The van der Waals surface area contributed by atoms with Gasteiger partial charge in [-0.05, 0) is 26.0 Å². The van der Waals surface area contributed by atoms with Crippen LogP contribution in [-0.4, -0.2) is 16.4 Å². The van der Waals surface area contributed by atoms with Crippen LogP contribution in [-0.2, 0) is 4.79 Å². The predicted molar refractivity (Wildman–Crippen MR) is 83.0 cm³/mol. The van der Waals surface area contributed by atoms with E-state index >= 15 is 0 Å². The van der Waals surface area contributed by atoms with Crippen LogP contribution in [0.25, 0.3) is 11.3 Å². The molecule has 3 rings (SSSR count). The van der Waals surface area contributed by atoms with Crippen LogP contribution in [0.3, 0.4) is 0 Å². The number of hydrogen-bond donors (Lipinski definition) is 0. The van der Waals surface area contributed by atoms with Gasteiger partial charge in [0.25, 0.3) is 5.91 Å². The fourth-order valence-electron chi connectivity index (χ4n) is 2.26. The third-order valence-corrected chi connectivity index (χ3v) is 4.25. The van der Waals surface area contributed by atoms with Gasteiger partial charge in [0.05, 0.1) is 22.9 Å². The zero-order valence-electron chi connectivity index (χ0n) is 11.7. The van der Waals surface area contributed by atoms with Crippen molar-refractivity contribution in [1.29, 1.82) is 5.26 Å². The fourth-order valence-corrected chi connectivity index (χ4v) is 3.25. The van der Waals surface area contributed by atoms with E-state index < -0.39 is 0 Å². The number of anilines is 1. The largest absolute Gasteiger partial charge is 0.275 e. The number of nitriles is 1. The molecule has 1 aromatic carbocycles. The summed E-state index contributed by atoms with van der Waals surface area (Å²) in [5.74, 6) is -0.0410. The SMILES string of the molecule is CC1(C)C=CC(=O)N1c1nc(-c2ccc(C#N)cc2)cs1. The molecule has 4 nitrogen and oxygen atoms in total. The molecule has 0 aliphatic carbocycles. The number of nitrogens with zero attached hydrogens (tertiary/aromatic N) is 3. The van der Waals surface area contributed by atoms with Gasteiger partial charge in [-0.25, -0.2) is 4.98 Å². The van der Waals surface area contributed by atoms with E-state index in [0.29, 0.717) is 10.7 Å². The smallest absolute Gasteiger partial charge is 0.253 e. The Morgan fingerprint density at radius 1 is 1.29 bits per heavy atom. The normalized spacial score (nSPS) is 16.2. The van der Waals surface area contributed by atoms with Crippen LogP contribution < -0.4 is 4.90 Å². The van der Waals surface area contributed by atoms with Crippen LogP contribution in [0.5, 0.6) is 0 Å². The average Bonchev–Trinajstić information content (AvgIpc) is 3.04. The molecule has 0 atom stereocenters. The maximum atomic E-state index is 12.0. The lowest BCUT2D eigenvalue weighted by Crippen LogP contribution is -2.41. The molecule has 0 spiro atoms. The molecule has 0 N–H and O–H groups in total. The summed E-state index contributed by atoms with van der Waals surface area (Å²) in [6, 6.07) is 9.36. The van der Waals surface area contributed by atoms with Crippen molar-refractivity contribution in [3.8, 4) is 17.3 Å². The Kier molecular flexibility index (Phi) is 3.11. The Morgan fingerprint density at radius 3 is 2.57 bits per heavy atom. The van der Waals surface area contributed by atoms with E-state index in [1.165, 1.54) is 11.3 Å². The Morgan fingerprint density at radius 2 is 2.00 bits per heavy atom. The first-order valence-electron chi connectivity index (χ1n) is 6.51. The molecule has 21 heavy (non-hydrogen) atoms. The third-order valence-electron chi connectivity index (χ3n) is 3.42. The van der Waals surface area contributed by atoms with E-state index in [4.69, 9.17) is 5.26 Å². The van der Waals surface area contributed by atoms with Crippen LogP contribution in [0, 0.1) is 11.3 Å². The van der Waals surface area contributed by atoms with Crippen molar-refractivity contribution in [2.24, 2.45) is 0 Å². The number of amides is 1. The molecule has 5 heteroatoms. The summed E-state index contributed by atoms with van der Waals surface area (Å²) in [5.41, 5.74) is 2.02. The van der Waals surface area contributed by atoms with Gasteiger partial charge in [0, 0.05) is 17.0 Å². The second-order valence-corrected chi connectivity index (χ2v) is 6.20. The highest BCUT2D eigenvalue weighted by atomic mass is 32.1. The molecule has 0 radical (unpaired) electrons. The second kappa shape index (κ2) is 4.83. The summed E-state index contributed by atoms with van der Waals surface area (Å²) in [7, 11) is 0. The van der Waals surface area contributed by atoms with Crippen molar-refractivity contribution in [2.45, 2.75) is 19.4 Å². The quantitative estimate of drug-likeness (QED) is 0.853. The lowest BCUT2D eigenvalue weighted by molar-refractivity contribution is -0.114. The minimum Gasteiger partial charge on any atom is -0.275 e. The van der Waals surface area contributed by atoms with Crippen molar-refractivity contribution in [3.63, 3.8) is 0 Å². The van der Waals surface area contributed by atoms with E-state index in [1.807, 2.05) is 37.4 Å². The first-order valence-corrected chi connectivity index (χ1v) is 7.39. The number of carbonyl (C=O) groups excluding carboxylic acids is 1. The molecular formula is C16H13N3OS. The Bertz CT molecular complexity index is 766. The molecule has 2 aromatic rings. The molecule has 0 fully saturated rings. The lowest BCUT2D eigenvalue weighted by atomic mass is 10.1. The standard InChI is InChI=1S/C16H13N3OS/c1-16(2)8-7-14(20)19(16)15-18-13(10-21-15)12-5-3-11(9-17)4-6-12/h3-8,10H,1-2H3. The first kappa shape index (κ1) is 13.5. The highest BCUT2D eigenvalue weighted by molar-refractivity contribution is 7.14. The molecule has 1 amide bonds. The molecule has 1 aliphatic rings. The minimum absolute atomic E-state index is 0.0410. The monoisotopic (exact) mass is 295 g/mol. The van der Waals surface area contributed by atoms with Gasteiger partial charge >= 0.3 is 0 Å². The summed E-state index contributed by atoms with van der Waals surface area (Å²) >= 11 is 1.45. The molecule has 2 heterocycles. The van der Waals surface area contributed by atoms with Crippen LogP contribution in [0.15, 0.2) is 41.8 Å². The summed E-state index contributed by atoms with van der Waals surface area (Å²) < 4.78 is 0. The molecule has 0 saturated carbocycles.